The second-order valence-electron chi connectivity index (χ2n) is 16.2. The van der Waals surface area contributed by atoms with Crippen LogP contribution in [0.15, 0.2) is 249 Å². The SMILES string of the molecule is Cc1cc(-c2ccc(-c3ccccc3)cc2)ccc1N(c1ccc(-c2ccccc2)cc1)c1ccc2c3ccccc3n(-c3ccccc3-c3ccc(-c4ccccc4)cc3)c2c1. The highest BCUT2D eigenvalue weighted by Crippen LogP contribution is 2.43. The Bertz CT molecular complexity index is 3350. The molecule has 0 fully saturated rings. The largest absolute Gasteiger partial charge is 0.310 e. The summed E-state index contributed by atoms with van der Waals surface area (Å²) in [4.78, 5) is 2.42. The van der Waals surface area contributed by atoms with Gasteiger partial charge in [0.1, 0.15) is 0 Å². The minimum absolute atomic E-state index is 1.09. The zero-order chi connectivity index (χ0) is 42.1. The lowest BCUT2D eigenvalue weighted by Gasteiger charge is -2.28. The Morgan fingerprint density at radius 3 is 1.32 bits per heavy atom. The Labute approximate surface area is 369 Å². The normalized spacial score (nSPS) is 11.3. The van der Waals surface area contributed by atoms with Gasteiger partial charge in [-0.05, 0) is 111 Å². The van der Waals surface area contributed by atoms with Gasteiger partial charge in [0.2, 0.25) is 0 Å². The van der Waals surface area contributed by atoms with Gasteiger partial charge in [0.25, 0.3) is 0 Å². The van der Waals surface area contributed by atoms with Crippen LogP contribution < -0.4 is 4.90 Å². The third-order valence-electron chi connectivity index (χ3n) is 12.4. The monoisotopic (exact) mass is 804 g/mol. The molecule has 0 unspecified atom stereocenters. The summed E-state index contributed by atoms with van der Waals surface area (Å²) in [6.07, 6.45) is 0. The summed E-state index contributed by atoms with van der Waals surface area (Å²) < 4.78 is 2.46. The lowest BCUT2D eigenvalue weighted by Crippen LogP contribution is -2.11. The molecular weight excluding hydrogens is 761 g/mol. The summed E-state index contributed by atoms with van der Waals surface area (Å²) >= 11 is 0. The van der Waals surface area contributed by atoms with Gasteiger partial charge in [0, 0.05) is 33.4 Å². The number of anilines is 3. The van der Waals surface area contributed by atoms with Crippen LogP contribution in [0.1, 0.15) is 5.56 Å². The fourth-order valence-electron chi connectivity index (χ4n) is 9.18. The molecule has 11 rings (SSSR count). The number of nitrogens with zero attached hydrogens (tertiary/aromatic N) is 2. The summed E-state index contributed by atoms with van der Waals surface area (Å²) in [6.45, 7) is 2.23. The summed E-state index contributed by atoms with van der Waals surface area (Å²) in [6, 6.07) is 90.1. The molecule has 11 aromatic rings. The molecule has 0 radical (unpaired) electrons. The van der Waals surface area contributed by atoms with E-state index in [0.717, 1.165) is 28.3 Å². The van der Waals surface area contributed by atoms with Gasteiger partial charge < -0.3 is 9.47 Å². The van der Waals surface area contributed by atoms with Crippen LogP contribution in [0.5, 0.6) is 0 Å². The topological polar surface area (TPSA) is 8.17 Å². The molecule has 10 aromatic carbocycles. The fraction of sp³-hybridized carbons (Fsp3) is 0.0164. The van der Waals surface area contributed by atoms with E-state index in [4.69, 9.17) is 0 Å². The standard InChI is InChI=1S/C61H44N2/c1-43-41-52(50-27-25-47(26-28-50)44-15-5-2-6-16-44)35-40-58(43)62(53-36-33-49(34-37-53)46-19-9-4-10-20-46)54-38-39-57-56-22-12-14-24-60(56)63(61(57)42-54)59-23-13-11-21-55(59)51-31-29-48(30-32-51)45-17-7-3-8-18-45/h2-42H,1H3. The Balaban J connectivity index is 1.05. The predicted molar refractivity (Wildman–Crippen MR) is 267 cm³/mol. The number of aromatic nitrogens is 1. The summed E-state index contributed by atoms with van der Waals surface area (Å²) in [5.74, 6) is 0. The van der Waals surface area contributed by atoms with Gasteiger partial charge in [-0.3, -0.25) is 0 Å². The van der Waals surface area contributed by atoms with Crippen molar-refractivity contribution in [1.29, 1.82) is 0 Å². The molecule has 0 saturated carbocycles. The second-order valence-corrected chi connectivity index (χ2v) is 16.2. The molecule has 0 bridgehead atoms. The van der Waals surface area contributed by atoms with Crippen molar-refractivity contribution in [2.45, 2.75) is 6.92 Å². The second kappa shape index (κ2) is 16.3. The minimum atomic E-state index is 1.09. The number of fused-ring (bicyclic) bond motifs is 3. The van der Waals surface area contributed by atoms with E-state index in [9.17, 15) is 0 Å². The molecule has 0 aliphatic rings. The highest BCUT2D eigenvalue weighted by atomic mass is 15.1. The van der Waals surface area contributed by atoms with Crippen molar-refractivity contribution >= 4 is 38.9 Å². The molecule has 0 atom stereocenters. The van der Waals surface area contributed by atoms with E-state index in [1.807, 2.05) is 0 Å². The van der Waals surface area contributed by atoms with Crippen molar-refractivity contribution in [2.24, 2.45) is 0 Å². The molecule has 2 heteroatoms. The number of hydrogen-bond donors (Lipinski definition) is 0. The average molecular weight is 805 g/mol. The number of rotatable bonds is 9. The molecule has 1 heterocycles. The van der Waals surface area contributed by atoms with Gasteiger partial charge in [-0.2, -0.15) is 0 Å². The maximum atomic E-state index is 2.46. The van der Waals surface area contributed by atoms with E-state index >= 15 is 0 Å². The van der Waals surface area contributed by atoms with Gasteiger partial charge in [0.15, 0.2) is 0 Å². The maximum absolute atomic E-state index is 2.46. The molecule has 0 aliphatic carbocycles. The molecule has 2 nitrogen and oxygen atoms in total. The first-order chi connectivity index (χ1) is 31.2. The summed E-state index contributed by atoms with van der Waals surface area (Å²) in [7, 11) is 0. The third kappa shape index (κ3) is 7.18. The fourth-order valence-corrected chi connectivity index (χ4v) is 9.18. The van der Waals surface area contributed by atoms with Gasteiger partial charge in [0.05, 0.1) is 16.7 Å². The van der Waals surface area contributed by atoms with Gasteiger partial charge in [-0.15, -0.1) is 0 Å². The average Bonchev–Trinajstić information content (AvgIpc) is 3.69. The molecular formula is C61H44N2. The van der Waals surface area contributed by atoms with Gasteiger partial charge in [-0.1, -0.05) is 200 Å². The molecule has 298 valence electrons. The van der Waals surface area contributed by atoms with Crippen LogP contribution in [0.4, 0.5) is 17.1 Å². The molecule has 0 aliphatic heterocycles. The van der Waals surface area contributed by atoms with Crippen LogP contribution in [0.2, 0.25) is 0 Å². The van der Waals surface area contributed by atoms with E-state index in [-0.39, 0.29) is 0 Å². The smallest absolute Gasteiger partial charge is 0.0562 e. The third-order valence-corrected chi connectivity index (χ3v) is 12.4. The van der Waals surface area contributed by atoms with Crippen LogP contribution in [-0.2, 0) is 0 Å². The van der Waals surface area contributed by atoms with Gasteiger partial charge in [-0.25, -0.2) is 0 Å². The Hall–Kier alpha value is -8.20. The molecule has 0 N–H and O–H groups in total. The highest BCUT2D eigenvalue weighted by molar-refractivity contribution is 6.11. The number of para-hydroxylation sites is 2. The number of benzene rings is 10. The molecule has 1 aromatic heterocycles. The highest BCUT2D eigenvalue weighted by Gasteiger charge is 2.20. The maximum Gasteiger partial charge on any atom is 0.0562 e. The van der Waals surface area contributed by atoms with Crippen LogP contribution in [0.25, 0.3) is 83.1 Å². The minimum Gasteiger partial charge on any atom is -0.310 e. The molecule has 0 saturated heterocycles. The van der Waals surface area contributed by atoms with Crippen LogP contribution >= 0.6 is 0 Å². The van der Waals surface area contributed by atoms with Crippen molar-refractivity contribution in [1.82, 2.24) is 4.57 Å². The van der Waals surface area contributed by atoms with E-state index in [0.29, 0.717) is 0 Å². The molecule has 0 spiro atoms. The molecule has 0 amide bonds. The van der Waals surface area contributed by atoms with E-state index in [1.54, 1.807) is 0 Å². The first kappa shape index (κ1) is 37.8. The van der Waals surface area contributed by atoms with E-state index < -0.39 is 0 Å². The Morgan fingerprint density at radius 1 is 0.302 bits per heavy atom. The van der Waals surface area contributed by atoms with Crippen molar-refractivity contribution in [2.75, 3.05) is 4.90 Å². The zero-order valence-electron chi connectivity index (χ0n) is 35.1. The zero-order valence-corrected chi connectivity index (χ0v) is 35.1. The van der Waals surface area contributed by atoms with Crippen LogP contribution in [-0.4, -0.2) is 4.57 Å². The quantitative estimate of drug-likeness (QED) is 0.141. The number of hydrogen-bond acceptors (Lipinski definition) is 1. The predicted octanol–water partition coefficient (Wildman–Crippen LogP) is 16.9. The van der Waals surface area contributed by atoms with E-state index in [2.05, 4.69) is 265 Å². The van der Waals surface area contributed by atoms with Crippen molar-refractivity contribution in [3.63, 3.8) is 0 Å². The summed E-state index contributed by atoms with van der Waals surface area (Å²) in [5, 5.41) is 2.44. The molecule has 63 heavy (non-hydrogen) atoms. The van der Waals surface area contributed by atoms with Crippen molar-refractivity contribution < 1.29 is 0 Å². The number of aryl methyl sites for hydroxylation is 1. The Kier molecular flexibility index (Phi) is 9.80. The first-order valence-electron chi connectivity index (χ1n) is 21.7. The van der Waals surface area contributed by atoms with Crippen molar-refractivity contribution in [3.8, 4) is 61.3 Å². The van der Waals surface area contributed by atoms with Crippen molar-refractivity contribution in [3.05, 3.63) is 254 Å². The van der Waals surface area contributed by atoms with E-state index in [1.165, 1.54) is 77.5 Å². The summed E-state index contributed by atoms with van der Waals surface area (Å²) in [5.41, 5.74) is 20.0. The van der Waals surface area contributed by atoms with Gasteiger partial charge >= 0.3 is 0 Å². The first-order valence-corrected chi connectivity index (χ1v) is 21.7. The lowest BCUT2D eigenvalue weighted by atomic mass is 9.98. The van der Waals surface area contributed by atoms with Crippen LogP contribution in [0, 0.1) is 6.92 Å². The lowest BCUT2D eigenvalue weighted by molar-refractivity contribution is 1.18. The van der Waals surface area contributed by atoms with Crippen LogP contribution in [0.3, 0.4) is 0 Å². The Morgan fingerprint density at radius 2 is 0.730 bits per heavy atom.